The smallest absolute Gasteiger partial charge is 0.222 e. The van der Waals surface area contributed by atoms with E-state index in [1.54, 1.807) is 0 Å². The van der Waals surface area contributed by atoms with Gasteiger partial charge in [0.2, 0.25) is 5.91 Å². The molecule has 1 heterocycles. The summed E-state index contributed by atoms with van der Waals surface area (Å²) in [5.74, 6) is -1.12. The second-order valence-electron chi connectivity index (χ2n) is 2.17. The van der Waals surface area contributed by atoms with E-state index in [-0.39, 0.29) is 16.7 Å². The summed E-state index contributed by atoms with van der Waals surface area (Å²) in [6.45, 7) is 1.27. The molecule has 0 radical (unpaired) electrons. The van der Waals surface area contributed by atoms with E-state index in [1.165, 1.54) is 13.1 Å². The van der Waals surface area contributed by atoms with Crippen LogP contribution in [0.3, 0.4) is 0 Å². The van der Waals surface area contributed by atoms with E-state index < -0.39 is 5.82 Å². The zero-order valence-corrected chi connectivity index (χ0v) is 7.02. The Labute approximate surface area is 73.6 Å². The third-order valence-corrected chi connectivity index (χ3v) is 1.31. The third-order valence-electron chi connectivity index (χ3n) is 1.10. The van der Waals surface area contributed by atoms with Gasteiger partial charge in [0.05, 0.1) is 5.02 Å². The lowest BCUT2D eigenvalue weighted by Crippen LogP contribution is -2.08. The van der Waals surface area contributed by atoms with Crippen LogP contribution in [0, 0.1) is 5.82 Å². The highest BCUT2D eigenvalue weighted by molar-refractivity contribution is 6.30. The van der Waals surface area contributed by atoms with Gasteiger partial charge in [-0.1, -0.05) is 11.6 Å². The third kappa shape index (κ3) is 2.17. The van der Waals surface area contributed by atoms with E-state index in [0.29, 0.717) is 0 Å². The van der Waals surface area contributed by atoms with Gasteiger partial charge in [0.25, 0.3) is 0 Å². The van der Waals surface area contributed by atoms with Crippen LogP contribution in [-0.4, -0.2) is 10.9 Å². The van der Waals surface area contributed by atoms with Crippen molar-refractivity contribution in [2.75, 3.05) is 5.32 Å². The Balaban J connectivity index is 2.93. The van der Waals surface area contributed by atoms with Crippen molar-refractivity contribution in [1.29, 1.82) is 0 Å². The molecule has 1 aromatic rings. The molecule has 0 atom stereocenters. The summed E-state index contributed by atoms with van der Waals surface area (Å²) in [5, 5.41) is 2.41. The van der Waals surface area contributed by atoms with Crippen LogP contribution >= 0.6 is 11.6 Å². The molecule has 0 saturated carbocycles. The summed E-state index contributed by atoms with van der Waals surface area (Å²) in [4.78, 5) is 14.1. The van der Waals surface area contributed by atoms with Crippen molar-refractivity contribution >= 4 is 23.3 Å². The van der Waals surface area contributed by atoms with Crippen LogP contribution in [0.1, 0.15) is 6.92 Å². The van der Waals surface area contributed by atoms with Crippen LogP contribution in [0.25, 0.3) is 0 Å². The second kappa shape index (κ2) is 3.49. The van der Waals surface area contributed by atoms with E-state index in [9.17, 15) is 9.18 Å². The molecule has 0 aliphatic rings. The molecule has 3 nitrogen and oxygen atoms in total. The van der Waals surface area contributed by atoms with Crippen molar-refractivity contribution in [1.82, 2.24) is 4.98 Å². The maximum Gasteiger partial charge on any atom is 0.222 e. The molecule has 1 aromatic heterocycles. The van der Waals surface area contributed by atoms with Crippen molar-refractivity contribution in [3.63, 3.8) is 0 Å². The van der Waals surface area contributed by atoms with Crippen LogP contribution in [-0.2, 0) is 4.79 Å². The minimum absolute atomic E-state index is 0.105. The average Bonchev–Trinajstić information content (AvgIpc) is 1.94. The standard InChI is InChI=1S/C7H6ClFN2O/c1-4(12)11-7-6(9)2-5(8)3-10-7/h2-3H,1H3,(H,10,11,12). The molecule has 0 aliphatic carbocycles. The maximum absolute atomic E-state index is 12.8. The largest absolute Gasteiger partial charge is 0.308 e. The van der Waals surface area contributed by atoms with Gasteiger partial charge in [0.15, 0.2) is 11.6 Å². The molecule has 1 amide bonds. The average molecular weight is 189 g/mol. The van der Waals surface area contributed by atoms with E-state index in [4.69, 9.17) is 11.6 Å². The van der Waals surface area contributed by atoms with Gasteiger partial charge in [-0.05, 0) is 6.07 Å². The molecule has 0 aliphatic heterocycles. The molecule has 0 spiro atoms. The van der Waals surface area contributed by atoms with Gasteiger partial charge in [-0.25, -0.2) is 9.37 Å². The second-order valence-corrected chi connectivity index (χ2v) is 2.60. The molecular weight excluding hydrogens is 183 g/mol. The first-order valence-corrected chi connectivity index (χ1v) is 3.56. The molecule has 12 heavy (non-hydrogen) atoms. The first-order valence-electron chi connectivity index (χ1n) is 3.18. The number of nitrogens with zero attached hydrogens (tertiary/aromatic N) is 1. The topological polar surface area (TPSA) is 42.0 Å². The number of pyridine rings is 1. The number of carbonyl (C=O) groups is 1. The number of aromatic nitrogens is 1. The number of carbonyl (C=O) groups excluding carboxylic acids is 1. The minimum atomic E-state index is -0.641. The van der Waals surface area contributed by atoms with Crippen molar-refractivity contribution < 1.29 is 9.18 Å². The van der Waals surface area contributed by atoms with Gasteiger partial charge < -0.3 is 5.32 Å². The molecule has 1 rings (SSSR count). The van der Waals surface area contributed by atoms with Crippen molar-refractivity contribution in [2.24, 2.45) is 0 Å². The Morgan fingerprint density at radius 2 is 2.42 bits per heavy atom. The highest BCUT2D eigenvalue weighted by Gasteiger charge is 2.04. The maximum atomic E-state index is 12.8. The van der Waals surface area contributed by atoms with E-state index in [1.807, 2.05) is 0 Å². The molecule has 0 aromatic carbocycles. The molecule has 5 heteroatoms. The summed E-state index contributed by atoms with van der Waals surface area (Å²) in [7, 11) is 0. The lowest BCUT2D eigenvalue weighted by atomic mass is 10.4. The number of halogens is 2. The van der Waals surface area contributed by atoms with Crippen LogP contribution in [0.2, 0.25) is 5.02 Å². The first kappa shape index (κ1) is 8.93. The Hall–Kier alpha value is -1.16. The van der Waals surface area contributed by atoms with Crippen molar-refractivity contribution in [2.45, 2.75) is 6.92 Å². The normalized spacial score (nSPS) is 9.58. The zero-order chi connectivity index (χ0) is 9.14. The zero-order valence-electron chi connectivity index (χ0n) is 6.27. The molecular formula is C7H6ClFN2O. The number of hydrogen-bond donors (Lipinski definition) is 1. The first-order chi connectivity index (χ1) is 5.59. The number of rotatable bonds is 1. The summed E-state index contributed by atoms with van der Waals surface area (Å²) in [6.07, 6.45) is 1.26. The highest BCUT2D eigenvalue weighted by atomic mass is 35.5. The van der Waals surface area contributed by atoms with Crippen LogP contribution in [0.4, 0.5) is 10.2 Å². The molecule has 0 unspecified atom stereocenters. The van der Waals surface area contributed by atoms with Gasteiger partial charge in [0.1, 0.15) is 0 Å². The van der Waals surface area contributed by atoms with E-state index in [0.717, 1.165) is 6.07 Å². The lowest BCUT2D eigenvalue weighted by Gasteiger charge is -2.01. The number of nitrogens with one attached hydrogen (secondary N) is 1. The molecule has 0 saturated heterocycles. The van der Waals surface area contributed by atoms with Crippen molar-refractivity contribution in [3.05, 3.63) is 23.1 Å². The molecule has 0 fully saturated rings. The fraction of sp³-hybridized carbons (Fsp3) is 0.143. The Bertz CT molecular complexity index is 316. The van der Waals surface area contributed by atoms with Gasteiger partial charge in [-0.3, -0.25) is 4.79 Å². The monoisotopic (exact) mass is 188 g/mol. The van der Waals surface area contributed by atoms with E-state index >= 15 is 0 Å². The van der Waals surface area contributed by atoms with Crippen LogP contribution in [0.5, 0.6) is 0 Å². The van der Waals surface area contributed by atoms with E-state index in [2.05, 4.69) is 10.3 Å². The number of anilines is 1. The Morgan fingerprint density at radius 3 is 2.92 bits per heavy atom. The molecule has 0 bridgehead atoms. The molecule has 1 N–H and O–H groups in total. The minimum Gasteiger partial charge on any atom is -0.308 e. The summed E-state index contributed by atoms with van der Waals surface area (Å²) >= 11 is 5.44. The Kier molecular flexibility index (Phi) is 2.60. The highest BCUT2D eigenvalue weighted by Crippen LogP contribution is 2.14. The number of hydrogen-bond acceptors (Lipinski definition) is 2. The summed E-state index contributed by atoms with van der Waals surface area (Å²) in [5.41, 5.74) is 0. The lowest BCUT2D eigenvalue weighted by molar-refractivity contribution is -0.114. The van der Waals surface area contributed by atoms with Gasteiger partial charge in [-0.2, -0.15) is 0 Å². The van der Waals surface area contributed by atoms with Gasteiger partial charge in [0, 0.05) is 13.1 Å². The van der Waals surface area contributed by atoms with Crippen LogP contribution in [0.15, 0.2) is 12.3 Å². The summed E-state index contributed by atoms with van der Waals surface area (Å²) < 4.78 is 12.8. The quantitative estimate of drug-likeness (QED) is 0.731. The SMILES string of the molecule is CC(=O)Nc1ncc(Cl)cc1F. The van der Waals surface area contributed by atoms with Crippen LogP contribution < -0.4 is 5.32 Å². The fourth-order valence-corrected chi connectivity index (χ4v) is 0.818. The fourth-order valence-electron chi connectivity index (χ4n) is 0.673. The predicted octanol–water partition coefficient (Wildman–Crippen LogP) is 1.83. The molecule has 64 valence electrons. The predicted molar refractivity (Wildman–Crippen MR) is 43.5 cm³/mol. The van der Waals surface area contributed by atoms with Gasteiger partial charge in [-0.15, -0.1) is 0 Å². The van der Waals surface area contributed by atoms with Crippen molar-refractivity contribution in [3.8, 4) is 0 Å². The summed E-state index contributed by atoms with van der Waals surface area (Å²) in [6, 6.07) is 1.08. The van der Waals surface area contributed by atoms with Gasteiger partial charge >= 0.3 is 0 Å². The Morgan fingerprint density at radius 1 is 1.75 bits per heavy atom. The number of amides is 1.